The highest BCUT2D eigenvalue weighted by Crippen LogP contribution is 2.22. The summed E-state index contributed by atoms with van der Waals surface area (Å²) in [4.78, 5) is 32.3. The Morgan fingerprint density at radius 1 is 1.26 bits per heavy atom. The molecule has 2 aromatic heterocycles. The number of aryl methyl sites for hydroxylation is 2. The number of ether oxygens (including phenoxy) is 3. The summed E-state index contributed by atoms with van der Waals surface area (Å²) < 4.78 is 19.3. The van der Waals surface area contributed by atoms with Crippen LogP contribution in [0.2, 0.25) is 0 Å². The average molecular weight is 535 g/mol. The Balaban J connectivity index is 1.24. The van der Waals surface area contributed by atoms with Crippen molar-refractivity contribution in [1.29, 1.82) is 0 Å². The number of amides is 2. The van der Waals surface area contributed by atoms with E-state index in [1.165, 1.54) is 5.56 Å². The molecule has 206 valence electrons. The molecule has 2 aliphatic heterocycles. The maximum atomic E-state index is 13.2. The predicted octanol–water partition coefficient (Wildman–Crippen LogP) is 2.32. The molecule has 39 heavy (non-hydrogen) atoms. The zero-order chi connectivity index (χ0) is 27.2. The first-order valence-electron chi connectivity index (χ1n) is 13.4. The summed E-state index contributed by atoms with van der Waals surface area (Å²) in [5, 5.41) is 11.3. The van der Waals surface area contributed by atoms with Gasteiger partial charge in [-0.25, -0.2) is 9.67 Å². The third kappa shape index (κ3) is 6.54. The van der Waals surface area contributed by atoms with Crippen LogP contribution in [0.5, 0.6) is 11.5 Å². The van der Waals surface area contributed by atoms with Crippen molar-refractivity contribution in [2.75, 3.05) is 26.3 Å². The van der Waals surface area contributed by atoms with Crippen LogP contribution in [0.4, 0.5) is 0 Å². The summed E-state index contributed by atoms with van der Waals surface area (Å²) in [6, 6.07) is 9.19. The third-order valence-corrected chi connectivity index (χ3v) is 6.93. The number of nitrogens with zero attached hydrogens (tertiary/aromatic N) is 5. The highest BCUT2D eigenvalue weighted by Gasteiger charge is 2.37. The molecule has 2 aliphatic rings. The van der Waals surface area contributed by atoms with Gasteiger partial charge >= 0.3 is 0 Å². The van der Waals surface area contributed by atoms with Crippen LogP contribution in [0.1, 0.15) is 47.1 Å². The molecule has 2 atom stereocenters. The van der Waals surface area contributed by atoms with Gasteiger partial charge in [0.1, 0.15) is 18.1 Å². The molecular weight excluding hydrogens is 500 g/mol. The quantitative estimate of drug-likeness (QED) is 0.512. The van der Waals surface area contributed by atoms with E-state index >= 15 is 0 Å². The first-order valence-corrected chi connectivity index (χ1v) is 13.4. The normalized spacial score (nSPS) is 19.3. The minimum atomic E-state index is -0.400. The lowest BCUT2D eigenvalue weighted by Crippen LogP contribution is -2.44. The summed E-state index contributed by atoms with van der Waals surface area (Å²) in [6.45, 7) is 6.37. The van der Waals surface area contributed by atoms with Gasteiger partial charge in [0.15, 0.2) is 11.4 Å². The van der Waals surface area contributed by atoms with Gasteiger partial charge in [-0.1, -0.05) is 17.3 Å². The Bertz CT molecular complexity index is 1310. The van der Waals surface area contributed by atoms with Crippen molar-refractivity contribution in [3.05, 3.63) is 65.2 Å². The standard InChI is InChI=1S/C28H34N6O5/c1-3-37-23-10-9-20(14-19(23)2)6-4-8-26(35)33-16-22-25(17-33)39-18-21-15-34(32-31-21)12-13-38-24-7-5-11-29-27(24)28(36)30-22/h5,7,9-11,14-15,22,25H,3-4,6,8,12-13,16-18H2,1-2H3,(H,30,36)/t22-,25-/m0/s1. The largest absolute Gasteiger partial charge is 0.494 e. The lowest BCUT2D eigenvalue weighted by atomic mass is 10.0. The van der Waals surface area contributed by atoms with Gasteiger partial charge in [-0.15, -0.1) is 5.10 Å². The molecule has 3 aromatic rings. The zero-order valence-corrected chi connectivity index (χ0v) is 22.3. The number of hydrogen-bond donors (Lipinski definition) is 1. The number of benzene rings is 1. The number of fused-ring (bicyclic) bond motifs is 4. The van der Waals surface area contributed by atoms with Gasteiger partial charge in [0.2, 0.25) is 5.91 Å². The predicted molar refractivity (Wildman–Crippen MR) is 141 cm³/mol. The molecule has 1 fully saturated rings. The monoisotopic (exact) mass is 534 g/mol. The first kappa shape index (κ1) is 26.6. The number of aromatic nitrogens is 4. The molecule has 5 rings (SSSR count). The molecule has 1 aromatic carbocycles. The molecule has 0 aliphatic carbocycles. The summed E-state index contributed by atoms with van der Waals surface area (Å²) in [5.74, 6) is 0.953. The van der Waals surface area contributed by atoms with E-state index in [1.807, 2.05) is 26.1 Å². The second kappa shape index (κ2) is 12.2. The van der Waals surface area contributed by atoms with Gasteiger partial charge in [0.25, 0.3) is 5.91 Å². The van der Waals surface area contributed by atoms with Crippen molar-refractivity contribution in [2.45, 2.75) is 58.4 Å². The summed E-state index contributed by atoms with van der Waals surface area (Å²) in [5.41, 5.74) is 3.14. The van der Waals surface area contributed by atoms with Crippen molar-refractivity contribution in [3.8, 4) is 11.5 Å². The van der Waals surface area contributed by atoms with Crippen LogP contribution < -0.4 is 14.8 Å². The minimum Gasteiger partial charge on any atom is -0.494 e. The van der Waals surface area contributed by atoms with E-state index in [-0.39, 0.29) is 24.1 Å². The summed E-state index contributed by atoms with van der Waals surface area (Å²) >= 11 is 0. The average Bonchev–Trinajstić information content (AvgIpc) is 3.55. The molecule has 0 unspecified atom stereocenters. The fourth-order valence-electron chi connectivity index (χ4n) is 4.94. The van der Waals surface area contributed by atoms with E-state index in [0.29, 0.717) is 50.7 Å². The highest BCUT2D eigenvalue weighted by atomic mass is 16.5. The van der Waals surface area contributed by atoms with Gasteiger partial charge in [0.05, 0.1) is 38.1 Å². The topological polar surface area (TPSA) is 121 Å². The first-order chi connectivity index (χ1) is 19.0. The molecule has 1 saturated heterocycles. The van der Waals surface area contributed by atoms with Crippen LogP contribution in [-0.2, 0) is 29.1 Å². The van der Waals surface area contributed by atoms with Crippen LogP contribution in [0.3, 0.4) is 0 Å². The van der Waals surface area contributed by atoms with Crippen LogP contribution in [-0.4, -0.2) is 75.1 Å². The number of carbonyl (C=O) groups is 2. The van der Waals surface area contributed by atoms with Gasteiger partial charge in [-0.2, -0.15) is 0 Å². The smallest absolute Gasteiger partial charge is 0.274 e. The van der Waals surface area contributed by atoms with Crippen molar-refractivity contribution >= 4 is 11.8 Å². The van der Waals surface area contributed by atoms with E-state index < -0.39 is 12.1 Å². The number of nitrogens with one attached hydrogen (secondary N) is 1. The van der Waals surface area contributed by atoms with Crippen molar-refractivity contribution in [2.24, 2.45) is 0 Å². The summed E-state index contributed by atoms with van der Waals surface area (Å²) in [7, 11) is 0. The summed E-state index contributed by atoms with van der Waals surface area (Å²) in [6.07, 6.45) is 4.90. The molecule has 0 radical (unpaired) electrons. The Morgan fingerprint density at radius 2 is 2.15 bits per heavy atom. The highest BCUT2D eigenvalue weighted by molar-refractivity contribution is 5.95. The lowest BCUT2D eigenvalue weighted by Gasteiger charge is -2.20. The minimum absolute atomic E-state index is 0.0359. The fraction of sp³-hybridized carbons (Fsp3) is 0.464. The van der Waals surface area contributed by atoms with E-state index in [2.05, 4.69) is 32.7 Å². The molecule has 2 bridgehead atoms. The Hall–Kier alpha value is -3.99. The maximum absolute atomic E-state index is 13.2. The SMILES string of the molecule is CCOc1ccc(CCCC(=O)N2C[C@@H]3NC(=O)c4ncccc4OCCn4cc(nn4)CO[C@H]3C2)cc1C. The van der Waals surface area contributed by atoms with E-state index in [0.717, 1.165) is 24.2 Å². The molecule has 11 heteroatoms. The molecule has 1 N–H and O–H groups in total. The van der Waals surface area contributed by atoms with Crippen molar-refractivity contribution in [3.63, 3.8) is 0 Å². The molecular formula is C28H34N6O5. The number of likely N-dealkylation sites (tertiary alicyclic amines) is 1. The second-order valence-electron chi connectivity index (χ2n) is 9.79. The molecule has 11 nitrogen and oxygen atoms in total. The number of rotatable bonds is 6. The van der Waals surface area contributed by atoms with Gasteiger partial charge < -0.3 is 24.4 Å². The van der Waals surface area contributed by atoms with Crippen LogP contribution >= 0.6 is 0 Å². The van der Waals surface area contributed by atoms with Crippen molar-refractivity contribution in [1.82, 2.24) is 30.2 Å². The Morgan fingerprint density at radius 3 is 3.00 bits per heavy atom. The van der Waals surface area contributed by atoms with Crippen LogP contribution in [0.25, 0.3) is 0 Å². The second-order valence-corrected chi connectivity index (χ2v) is 9.79. The van der Waals surface area contributed by atoms with E-state index in [1.54, 1.807) is 27.9 Å². The molecule has 2 amide bonds. The fourth-order valence-corrected chi connectivity index (χ4v) is 4.94. The lowest BCUT2D eigenvalue weighted by molar-refractivity contribution is -0.130. The van der Waals surface area contributed by atoms with Crippen LogP contribution in [0.15, 0.2) is 42.7 Å². The van der Waals surface area contributed by atoms with Gasteiger partial charge in [-0.05, 0) is 56.0 Å². The Kier molecular flexibility index (Phi) is 8.36. The van der Waals surface area contributed by atoms with E-state index in [4.69, 9.17) is 14.2 Å². The zero-order valence-electron chi connectivity index (χ0n) is 22.3. The van der Waals surface area contributed by atoms with Crippen LogP contribution in [0, 0.1) is 6.92 Å². The van der Waals surface area contributed by atoms with Gasteiger partial charge in [-0.3, -0.25) is 9.59 Å². The maximum Gasteiger partial charge on any atom is 0.274 e. The van der Waals surface area contributed by atoms with E-state index in [9.17, 15) is 9.59 Å². The van der Waals surface area contributed by atoms with Gasteiger partial charge in [0, 0.05) is 25.7 Å². The Labute approximate surface area is 227 Å². The van der Waals surface area contributed by atoms with Crippen molar-refractivity contribution < 1.29 is 23.8 Å². The third-order valence-electron chi connectivity index (χ3n) is 6.93. The number of carbonyl (C=O) groups excluding carboxylic acids is 2. The number of pyridine rings is 1. The molecule has 0 saturated carbocycles. The molecule has 0 spiro atoms. The molecule has 4 heterocycles. The number of hydrogen-bond acceptors (Lipinski definition) is 8.